The number of hydrogen-bond acceptors (Lipinski definition) is 5. The Morgan fingerprint density at radius 2 is 2.10 bits per heavy atom. The monoisotopic (exact) mass is 317 g/mol. The van der Waals surface area contributed by atoms with E-state index in [-0.39, 0.29) is 6.04 Å². The van der Waals surface area contributed by atoms with Crippen molar-refractivity contribution in [3.05, 3.63) is 16.3 Å². The molecule has 20 heavy (non-hydrogen) atoms. The second-order valence-electron chi connectivity index (χ2n) is 5.22. The Balaban J connectivity index is 1.92. The molecular weight excluding hydrogens is 294 g/mol. The summed E-state index contributed by atoms with van der Waals surface area (Å²) in [6.07, 6.45) is 2.43. The van der Waals surface area contributed by atoms with Crippen molar-refractivity contribution in [2.45, 2.75) is 37.2 Å². The fraction of sp³-hybridized carbons (Fsp3) is 0.692. The zero-order valence-corrected chi connectivity index (χ0v) is 13.7. The maximum absolute atomic E-state index is 12.2. The highest BCUT2D eigenvalue weighted by atomic mass is 32.2. The van der Waals surface area contributed by atoms with E-state index in [9.17, 15) is 8.42 Å². The summed E-state index contributed by atoms with van der Waals surface area (Å²) in [5.74, 6) is 0. The van der Waals surface area contributed by atoms with E-state index in [1.165, 1.54) is 24.2 Å². The number of nitrogens with zero attached hydrogens (tertiary/aromatic N) is 1. The van der Waals surface area contributed by atoms with Gasteiger partial charge >= 0.3 is 0 Å². The third kappa shape index (κ3) is 4.02. The molecule has 1 saturated heterocycles. The fourth-order valence-electron chi connectivity index (χ4n) is 2.39. The maximum atomic E-state index is 12.2. The molecule has 114 valence electrons. The molecule has 1 aliphatic heterocycles. The summed E-state index contributed by atoms with van der Waals surface area (Å²) in [7, 11) is -1.53. The molecule has 5 nitrogen and oxygen atoms in total. The van der Waals surface area contributed by atoms with E-state index >= 15 is 0 Å². The second-order valence-corrected chi connectivity index (χ2v) is 7.99. The number of rotatable bonds is 7. The highest BCUT2D eigenvalue weighted by Crippen LogP contribution is 2.19. The molecular formula is C13H23N3O2S2. The molecule has 0 amide bonds. The van der Waals surface area contributed by atoms with Crippen molar-refractivity contribution < 1.29 is 8.42 Å². The van der Waals surface area contributed by atoms with Crippen molar-refractivity contribution in [1.82, 2.24) is 14.9 Å². The van der Waals surface area contributed by atoms with Crippen LogP contribution in [-0.4, -0.2) is 46.0 Å². The molecule has 0 aliphatic carbocycles. The molecule has 1 unspecified atom stereocenters. The lowest BCUT2D eigenvalue weighted by Gasteiger charge is -2.23. The van der Waals surface area contributed by atoms with Crippen LogP contribution in [0.2, 0.25) is 0 Å². The number of sulfonamides is 1. The van der Waals surface area contributed by atoms with Crippen LogP contribution in [0.5, 0.6) is 0 Å². The van der Waals surface area contributed by atoms with Gasteiger partial charge in [0.15, 0.2) is 0 Å². The van der Waals surface area contributed by atoms with E-state index in [4.69, 9.17) is 0 Å². The van der Waals surface area contributed by atoms with E-state index in [2.05, 4.69) is 21.9 Å². The van der Waals surface area contributed by atoms with Crippen LogP contribution in [0.3, 0.4) is 0 Å². The Morgan fingerprint density at radius 3 is 2.75 bits per heavy atom. The lowest BCUT2D eigenvalue weighted by atomic mass is 10.3. The van der Waals surface area contributed by atoms with Crippen LogP contribution >= 0.6 is 11.3 Å². The zero-order valence-electron chi connectivity index (χ0n) is 12.1. The summed E-state index contributed by atoms with van der Waals surface area (Å²) in [6.45, 7) is 5.40. The van der Waals surface area contributed by atoms with E-state index in [1.54, 1.807) is 11.4 Å². The first-order chi connectivity index (χ1) is 9.53. The minimum Gasteiger partial charge on any atom is -0.315 e. The highest BCUT2D eigenvalue weighted by Gasteiger charge is 2.21. The fourth-order valence-corrected chi connectivity index (χ4v) is 4.80. The van der Waals surface area contributed by atoms with Gasteiger partial charge in [-0.15, -0.1) is 11.3 Å². The Kier molecular flexibility index (Phi) is 5.57. The first-order valence-electron chi connectivity index (χ1n) is 6.98. The van der Waals surface area contributed by atoms with Gasteiger partial charge in [-0.2, -0.15) is 0 Å². The van der Waals surface area contributed by atoms with Crippen molar-refractivity contribution in [3.63, 3.8) is 0 Å². The van der Waals surface area contributed by atoms with Crippen molar-refractivity contribution >= 4 is 21.4 Å². The van der Waals surface area contributed by atoms with Gasteiger partial charge in [0.2, 0.25) is 10.0 Å². The van der Waals surface area contributed by atoms with Crippen LogP contribution in [0.1, 0.15) is 24.6 Å². The van der Waals surface area contributed by atoms with Crippen LogP contribution in [0, 0.1) is 0 Å². The second kappa shape index (κ2) is 7.00. The van der Waals surface area contributed by atoms with Crippen molar-refractivity contribution in [3.8, 4) is 0 Å². The van der Waals surface area contributed by atoms with E-state index in [0.29, 0.717) is 18.0 Å². The summed E-state index contributed by atoms with van der Waals surface area (Å²) in [4.78, 5) is 3.74. The summed E-state index contributed by atoms with van der Waals surface area (Å²) < 4.78 is 27.2. The molecule has 0 aromatic carbocycles. The van der Waals surface area contributed by atoms with Crippen LogP contribution in [0.4, 0.5) is 0 Å². The van der Waals surface area contributed by atoms with Gasteiger partial charge < -0.3 is 5.32 Å². The highest BCUT2D eigenvalue weighted by molar-refractivity contribution is 7.89. The molecule has 2 N–H and O–H groups in total. The molecule has 1 aliphatic rings. The Hall–Kier alpha value is -0.470. The topological polar surface area (TPSA) is 61.4 Å². The molecule has 0 saturated carbocycles. The molecule has 0 bridgehead atoms. The molecule has 7 heteroatoms. The predicted octanol–water partition coefficient (Wildman–Crippen LogP) is 1.23. The SMILES string of the molecule is CNCc1cc(S(=O)(=O)NCC(C)N2CCCC2)cs1. The summed E-state index contributed by atoms with van der Waals surface area (Å²) in [5, 5.41) is 4.73. The van der Waals surface area contributed by atoms with Gasteiger partial charge in [0.25, 0.3) is 0 Å². The van der Waals surface area contributed by atoms with E-state index in [0.717, 1.165) is 18.0 Å². The van der Waals surface area contributed by atoms with Crippen LogP contribution in [0.25, 0.3) is 0 Å². The Labute approximate surface area is 125 Å². The Bertz CT molecular complexity index is 521. The maximum Gasteiger partial charge on any atom is 0.241 e. The number of hydrogen-bond donors (Lipinski definition) is 2. The summed E-state index contributed by atoms with van der Waals surface area (Å²) in [6, 6.07) is 1.99. The van der Waals surface area contributed by atoms with E-state index in [1.807, 2.05) is 7.05 Å². The number of nitrogens with one attached hydrogen (secondary N) is 2. The minimum atomic E-state index is -3.38. The molecule has 1 atom stereocenters. The average Bonchev–Trinajstić information content (AvgIpc) is 3.07. The van der Waals surface area contributed by atoms with E-state index < -0.39 is 10.0 Å². The van der Waals surface area contributed by atoms with Crippen LogP contribution in [0.15, 0.2) is 16.3 Å². The lowest BCUT2D eigenvalue weighted by Crippen LogP contribution is -2.40. The molecule has 0 spiro atoms. The summed E-state index contributed by atoms with van der Waals surface area (Å²) in [5.41, 5.74) is 0. The largest absolute Gasteiger partial charge is 0.315 e. The molecule has 1 aromatic heterocycles. The van der Waals surface area contributed by atoms with Gasteiger partial charge in [0.1, 0.15) is 0 Å². The van der Waals surface area contributed by atoms with Gasteiger partial charge in [0, 0.05) is 29.4 Å². The third-order valence-electron chi connectivity index (χ3n) is 3.62. The van der Waals surface area contributed by atoms with Crippen molar-refractivity contribution in [2.24, 2.45) is 0 Å². The molecule has 1 aromatic rings. The first-order valence-corrected chi connectivity index (χ1v) is 9.35. The number of likely N-dealkylation sites (tertiary alicyclic amines) is 1. The Morgan fingerprint density at radius 1 is 1.40 bits per heavy atom. The standard InChI is InChI=1S/C13H23N3O2S2/c1-11(16-5-3-4-6-16)8-15-20(17,18)13-7-12(9-14-2)19-10-13/h7,10-11,14-15H,3-6,8-9H2,1-2H3. The zero-order chi connectivity index (χ0) is 14.6. The summed E-state index contributed by atoms with van der Waals surface area (Å²) >= 11 is 1.47. The van der Waals surface area contributed by atoms with Crippen molar-refractivity contribution in [2.75, 3.05) is 26.7 Å². The average molecular weight is 317 g/mol. The molecule has 1 fully saturated rings. The van der Waals surface area contributed by atoms with Gasteiger partial charge in [-0.1, -0.05) is 0 Å². The van der Waals surface area contributed by atoms with Gasteiger partial charge in [-0.3, -0.25) is 4.90 Å². The third-order valence-corrected chi connectivity index (χ3v) is 6.11. The van der Waals surface area contributed by atoms with Crippen molar-refractivity contribution in [1.29, 1.82) is 0 Å². The van der Waals surface area contributed by atoms with Crippen LogP contribution < -0.4 is 10.0 Å². The number of thiophene rings is 1. The predicted molar refractivity (Wildman–Crippen MR) is 82.5 cm³/mol. The first kappa shape index (κ1) is 15.9. The van der Waals surface area contributed by atoms with Gasteiger partial charge in [-0.05, 0) is 46.0 Å². The van der Waals surface area contributed by atoms with Crippen LogP contribution in [-0.2, 0) is 16.6 Å². The minimum absolute atomic E-state index is 0.252. The molecule has 0 radical (unpaired) electrons. The molecule has 2 rings (SSSR count). The van der Waals surface area contributed by atoms with Gasteiger partial charge in [0.05, 0.1) is 4.90 Å². The van der Waals surface area contributed by atoms with Gasteiger partial charge in [-0.25, -0.2) is 13.1 Å². The quantitative estimate of drug-likeness (QED) is 0.794. The normalized spacial score (nSPS) is 18.5. The molecule has 2 heterocycles. The lowest BCUT2D eigenvalue weighted by molar-refractivity contribution is 0.260. The smallest absolute Gasteiger partial charge is 0.241 e.